The molecule has 3 rings (SSSR count). The first kappa shape index (κ1) is 13.2. The molecule has 1 aliphatic rings. The van der Waals surface area contributed by atoms with E-state index in [1.54, 1.807) is 0 Å². The van der Waals surface area contributed by atoms with E-state index in [1.807, 2.05) is 36.4 Å². The van der Waals surface area contributed by atoms with Gasteiger partial charge in [0.15, 0.2) is 0 Å². The predicted octanol–water partition coefficient (Wildman–Crippen LogP) is 3.24. The van der Waals surface area contributed by atoms with Crippen LogP contribution in [-0.2, 0) is 0 Å². The first-order valence-electron chi connectivity index (χ1n) is 7.06. The number of nitrogens with one attached hydrogen (secondary N) is 1. The zero-order valence-electron chi connectivity index (χ0n) is 11.5. The van der Waals surface area contributed by atoms with Crippen LogP contribution in [0.5, 0.6) is 11.5 Å². The van der Waals surface area contributed by atoms with E-state index in [9.17, 15) is 5.11 Å². The molecule has 2 aromatic rings. The molecule has 3 heteroatoms. The van der Waals surface area contributed by atoms with E-state index in [4.69, 9.17) is 4.74 Å². The fraction of sp³-hybridized carbons (Fsp3) is 0.294. The number of aliphatic hydroxyl groups excluding tert-OH is 1. The Labute approximate surface area is 119 Å². The maximum absolute atomic E-state index is 9.46. The molecule has 0 amide bonds. The summed E-state index contributed by atoms with van der Waals surface area (Å²) < 4.78 is 5.95. The molecule has 0 saturated heterocycles. The van der Waals surface area contributed by atoms with Crippen LogP contribution in [0.2, 0.25) is 0 Å². The molecule has 2 aromatic carbocycles. The summed E-state index contributed by atoms with van der Waals surface area (Å²) in [7, 11) is 0. The minimum absolute atomic E-state index is 0.0632. The fourth-order valence-electron chi connectivity index (χ4n) is 2.62. The van der Waals surface area contributed by atoms with Crippen LogP contribution in [0.4, 0.5) is 0 Å². The minimum Gasteiger partial charge on any atom is -0.457 e. The van der Waals surface area contributed by atoms with E-state index in [1.165, 1.54) is 0 Å². The molecule has 0 unspecified atom stereocenters. The summed E-state index contributed by atoms with van der Waals surface area (Å²) in [5.41, 5.74) is 2.25. The molecule has 20 heavy (non-hydrogen) atoms. The third kappa shape index (κ3) is 2.30. The quantitative estimate of drug-likeness (QED) is 0.895. The van der Waals surface area contributed by atoms with Gasteiger partial charge in [-0.25, -0.2) is 0 Å². The zero-order chi connectivity index (χ0) is 13.9. The second-order valence-corrected chi connectivity index (χ2v) is 5.07. The zero-order valence-corrected chi connectivity index (χ0v) is 11.5. The highest BCUT2D eigenvalue weighted by Gasteiger charge is 2.27. The van der Waals surface area contributed by atoms with Gasteiger partial charge in [-0.3, -0.25) is 0 Å². The highest BCUT2D eigenvalue weighted by atomic mass is 16.5. The van der Waals surface area contributed by atoms with E-state index >= 15 is 0 Å². The molecule has 0 spiro atoms. The van der Waals surface area contributed by atoms with Gasteiger partial charge in [-0.05, 0) is 18.6 Å². The van der Waals surface area contributed by atoms with Crippen LogP contribution >= 0.6 is 0 Å². The summed E-state index contributed by atoms with van der Waals surface area (Å²) >= 11 is 0. The van der Waals surface area contributed by atoms with E-state index < -0.39 is 0 Å². The van der Waals surface area contributed by atoms with Crippen LogP contribution < -0.4 is 10.1 Å². The lowest BCUT2D eigenvalue weighted by Crippen LogP contribution is -2.36. The van der Waals surface area contributed by atoms with Crippen molar-refractivity contribution in [2.75, 3.05) is 6.61 Å². The molecule has 104 valence electrons. The monoisotopic (exact) mass is 269 g/mol. The third-order valence-corrected chi connectivity index (χ3v) is 3.80. The molecule has 0 radical (unpaired) electrons. The number of hydrogen-bond acceptors (Lipinski definition) is 3. The lowest BCUT2D eigenvalue weighted by atomic mass is 9.93. The molecular formula is C17H19NO2. The number of benzene rings is 2. The molecule has 1 heterocycles. The van der Waals surface area contributed by atoms with E-state index in [0.717, 1.165) is 29.0 Å². The first-order chi connectivity index (χ1) is 9.83. The third-order valence-electron chi connectivity index (χ3n) is 3.80. The van der Waals surface area contributed by atoms with Crippen LogP contribution in [-0.4, -0.2) is 17.8 Å². The van der Waals surface area contributed by atoms with Crippen LogP contribution in [0.1, 0.15) is 30.5 Å². The van der Waals surface area contributed by atoms with Crippen molar-refractivity contribution in [3.05, 3.63) is 59.7 Å². The van der Waals surface area contributed by atoms with Crippen molar-refractivity contribution in [1.29, 1.82) is 0 Å². The SMILES string of the molecule is CC[C@H](CO)NC1c2ccccc2Oc2ccccc21. The molecule has 0 aromatic heterocycles. The van der Waals surface area contributed by atoms with Crippen molar-refractivity contribution in [1.82, 2.24) is 5.32 Å². The summed E-state index contributed by atoms with van der Waals surface area (Å²) in [6.45, 7) is 2.21. The smallest absolute Gasteiger partial charge is 0.132 e. The Balaban J connectivity index is 2.03. The van der Waals surface area contributed by atoms with Crippen molar-refractivity contribution in [2.24, 2.45) is 0 Å². The number of aliphatic hydroxyl groups is 1. The van der Waals surface area contributed by atoms with Crippen molar-refractivity contribution < 1.29 is 9.84 Å². The van der Waals surface area contributed by atoms with Gasteiger partial charge in [-0.15, -0.1) is 0 Å². The van der Waals surface area contributed by atoms with Crippen LogP contribution in [0, 0.1) is 0 Å². The number of fused-ring (bicyclic) bond motifs is 2. The lowest BCUT2D eigenvalue weighted by Gasteiger charge is -2.31. The normalized spacial score (nSPS) is 15.1. The van der Waals surface area contributed by atoms with Crippen molar-refractivity contribution in [3.8, 4) is 11.5 Å². The van der Waals surface area contributed by atoms with Crippen LogP contribution in [0.3, 0.4) is 0 Å². The Kier molecular flexibility index (Phi) is 3.72. The van der Waals surface area contributed by atoms with Gasteiger partial charge in [-0.1, -0.05) is 43.3 Å². The predicted molar refractivity (Wildman–Crippen MR) is 79.1 cm³/mol. The Morgan fingerprint density at radius 2 is 1.60 bits per heavy atom. The molecular weight excluding hydrogens is 250 g/mol. The van der Waals surface area contributed by atoms with Gasteiger partial charge in [0.05, 0.1) is 12.6 Å². The molecule has 1 aliphatic heterocycles. The topological polar surface area (TPSA) is 41.5 Å². The molecule has 0 saturated carbocycles. The van der Waals surface area contributed by atoms with Gasteiger partial charge in [0, 0.05) is 17.2 Å². The standard InChI is InChI=1S/C17H19NO2/c1-2-12(11-19)18-17-13-7-3-5-9-15(13)20-16-10-6-4-8-14(16)17/h3-10,12,17-19H,2,11H2,1H3/t12-/m1/s1. The number of hydrogen-bond donors (Lipinski definition) is 2. The molecule has 0 aliphatic carbocycles. The summed E-state index contributed by atoms with van der Waals surface area (Å²) in [4.78, 5) is 0. The van der Waals surface area contributed by atoms with Gasteiger partial charge in [0.2, 0.25) is 0 Å². The molecule has 2 N–H and O–H groups in total. The number of ether oxygens (including phenoxy) is 1. The number of para-hydroxylation sites is 2. The lowest BCUT2D eigenvalue weighted by molar-refractivity contribution is 0.230. The Hall–Kier alpha value is -1.84. The Bertz CT molecular complexity index is 548. The molecule has 0 bridgehead atoms. The average molecular weight is 269 g/mol. The summed E-state index contributed by atoms with van der Waals surface area (Å²) in [6, 6.07) is 16.3. The fourth-order valence-corrected chi connectivity index (χ4v) is 2.62. The average Bonchev–Trinajstić information content (AvgIpc) is 2.51. The summed E-state index contributed by atoms with van der Waals surface area (Å²) in [6.07, 6.45) is 0.887. The summed E-state index contributed by atoms with van der Waals surface area (Å²) in [5.74, 6) is 1.77. The highest BCUT2D eigenvalue weighted by molar-refractivity contribution is 5.52. The molecule has 0 fully saturated rings. The van der Waals surface area contributed by atoms with Crippen molar-refractivity contribution >= 4 is 0 Å². The first-order valence-corrected chi connectivity index (χ1v) is 7.06. The Morgan fingerprint density at radius 3 is 2.10 bits per heavy atom. The molecule has 1 atom stereocenters. The van der Waals surface area contributed by atoms with Gasteiger partial charge >= 0.3 is 0 Å². The Morgan fingerprint density at radius 1 is 1.05 bits per heavy atom. The van der Waals surface area contributed by atoms with Gasteiger partial charge in [0.25, 0.3) is 0 Å². The maximum atomic E-state index is 9.46. The molecule has 3 nitrogen and oxygen atoms in total. The number of rotatable bonds is 4. The van der Waals surface area contributed by atoms with Gasteiger partial charge in [0.1, 0.15) is 11.5 Å². The van der Waals surface area contributed by atoms with E-state index in [0.29, 0.717) is 0 Å². The van der Waals surface area contributed by atoms with E-state index in [2.05, 4.69) is 24.4 Å². The van der Waals surface area contributed by atoms with Crippen molar-refractivity contribution in [2.45, 2.75) is 25.4 Å². The van der Waals surface area contributed by atoms with Gasteiger partial charge < -0.3 is 15.2 Å². The largest absolute Gasteiger partial charge is 0.457 e. The highest BCUT2D eigenvalue weighted by Crippen LogP contribution is 2.42. The summed E-state index contributed by atoms with van der Waals surface area (Å²) in [5, 5.41) is 13.0. The van der Waals surface area contributed by atoms with Gasteiger partial charge in [-0.2, -0.15) is 0 Å². The maximum Gasteiger partial charge on any atom is 0.132 e. The van der Waals surface area contributed by atoms with Crippen LogP contribution in [0.15, 0.2) is 48.5 Å². The second-order valence-electron chi connectivity index (χ2n) is 5.07. The second kappa shape index (κ2) is 5.65. The van der Waals surface area contributed by atoms with Crippen molar-refractivity contribution in [3.63, 3.8) is 0 Å². The minimum atomic E-state index is 0.0632. The van der Waals surface area contributed by atoms with Crippen LogP contribution in [0.25, 0.3) is 0 Å². The van der Waals surface area contributed by atoms with E-state index in [-0.39, 0.29) is 18.7 Å².